The molecule has 100 valence electrons. The molecule has 3 nitrogen and oxygen atoms in total. The second kappa shape index (κ2) is 5.57. The quantitative estimate of drug-likeness (QED) is 0.910. The van der Waals surface area contributed by atoms with E-state index in [0.717, 1.165) is 19.5 Å². The van der Waals surface area contributed by atoms with Gasteiger partial charge >= 0.3 is 0 Å². The van der Waals surface area contributed by atoms with Crippen molar-refractivity contribution in [2.45, 2.75) is 31.7 Å². The molecule has 0 radical (unpaired) electrons. The lowest BCUT2D eigenvalue weighted by Gasteiger charge is -2.22. The zero-order valence-electron chi connectivity index (χ0n) is 11.4. The van der Waals surface area contributed by atoms with E-state index in [1.165, 1.54) is 17.7 Å². The Hall–Kier alpha value is -1.61. The highest BCUT2D eigenvalue weighted by Gasteiger charge is 2.23. The first-order chi connectivity index (χ1) is 9.40. The normalized spacial score (nSPS) is 20.6. The number of hydrogen-bond donors (Lipinski definition) is 1. The minimum atomic E-state index is 0.402. The molecule has 3 rings (SSSR count). The van der Waals surface area contributed by atoms with Gasteiger partial charge in [-0.05, 0) is 24.9 Å². The summed E-state index contributed by atoms with van der Waals surface area (Å²) in [6, 6.07) is 11.1. The van der Waals surface area contributed by atoms with Gasteiger partial charge in [-0.15, -0.1) is 0 Å². The highest BCUT2D eigenvalue weighted by Crippen LogP contribution is 2.29. The topological polar surface area (TPSA) is 29.9 Å². The second-order valence-corrected chi connectivity index (χ2v) is 5.25. The molecule has 0 bridgehead atoms. The van der Waals surface area contributed by atoms with Gasteiger partial charge in [-0.3, -0.25) is 0 Å². The van der Waals surface area contributed by atoms with Crippen molar-refractivity contribution < 1.29 is 0 Å². The van der Waals surface area contributed by atoms with Gasteiger partial charge in [0, 0.05) is 24.4 Å². The zero-order valence-corrected chi connectivity index (χ0v) is 11.4. The van der Waals surface area contributed by atoms with Crippen molar-refractivity contribution in [2.24, 2.45) is 0 Å². The van der Waals surface area contributed by atoms with Gasteiger partial charge in [-0.25, -0.2) is 4.98 Å². The Morgan fingerprint density at radius 1 is 1.37 bits per heavy atom. The van der Waals surface area contributed by atoms with Crippen LogP contribution in [-0.4, -0.2) is 22.6 Å². The average Bonchev–Trinajstić information content (AvgIpc) is 3.11. The Morgan fingerprint density at radius 3 is 2.89 bits per heavy atom. The van der Waals surface area contributed by atoms with Crippen molar-refractivity contribution in [1.82, 2.24) is 14.9 Å². The molecule has 1 aromatic heterocycles. The highest BCUT2D eigenvalue weighted by molar-refractivity contribution is 5.22. The summed E-state index contributed by atoms with van der Waals surface area (Å²) in [6.07, 6.45) is 6.35. The van der Waals surface area contributed by atoms with Gasteiger partial charge in [0.1, 0.15) is 0 Å². The molecular formula is C16H21N3. The summed E-state index contributed by atoms with van der Waals surface area (Å²) in [5, 5.41) is 3.44. The summed E-state index contributed by atoms with van der Waals surface area (Å²) >= 11 is 0. The van der Waals surface area contributed by atoms with Crippen LogP contribution in [-0.2, 0) is 0 Å². The van der Waals surface area contributed by atoms with E-state index in [2.05, 4.69) is 52.1 Å². The molecular weight excluding hydrogens is 234 g/mol. The Morgan fingerprint density at radius 2 is 2.21 bits per heavy atom. The number of rotatable bonds is 4. The van der Waals surface area contributed by atoms with Crippen LogP contribution in [0.3, 0.4) is 0 Å². The highest BCUT2D eigenvalue weighted by atomic mass is 15.1. The SMILES string of the molecule is CCC(c1ccccc1)n1cncc1C1CCNC1. The minimum Gasteiger partial charge on any atom is -0.327 e. The van der Waals surface area contributed by atoms with Crippen LogP contribution in [0.15, 0.2) is 42.9 Å². The molecule has 1 aliphatic rings. The van der Waals surface area contributed by atoms with Crippen molar-refractivity contribution in [1.29, 1.82) is 0 Å². The predicted molar refractivity (Wildman–Crippen MR) is 77.3 cm³/mol. The Bertz CT molecular complexity index is 512. The number of aromatic nitrogens is 2. The van der Waals surface area contributed by atoms with Crippen molar-refractivity contribution >= 4 is 0 Å². The van der Waals surface area contributed by atoms with E-state index in [1.807, 2.05) is 12.5 Å². The lowest BCUT2D eigenvalue weighted by Crippen LogP contribution is -2.16. The number of nitrogens with zero attached hydrogens (tertiary/aromatic N) is 2. The fourth-order valence-corrected chi connectivity index (χ4v) is 3.07. The third-order valence-corrected chi connectivity index (χ3v) is 4.08. The molecule has 0 saturated carbocycles. The van der Waals surface area contributed by atoms with Gasteiger partial charge in [-0.2, -0.15) is 0 Å². The fourth-order valence-electron chi connectivity index (χ4n) is 3.07. The molecule has 2 unspecified atom stereocenters. The van der Waals surface area contributed by atoms with Crippen LogP contribution in [0.1, 0.15) is 43.0 Å². The van der Waals surface area contributed by atoms with Gasteiger partial charge in [0.05, 0.1) is 12.4 Å². The van der Waals surface area contributed by atoms with Gasteiger partial charge in [0.2, 0.25) is 0 Å². The van der Waals surface area contributed by atoms with E-state index >= 15 is 0 Å². The summed E-state index contributed by atoms with van der Waals surface area (Å²) in [5.74, 6) is 0.611. The van der Waals surface area contributed by atoms with Gasteiger partial charge < -0.3 is 9.88 Å². The smallest absolute Gasteiger partial charge is 0.0954 e. The van der Waals surface area contributed by atoms with Crippen LogP contribution < -0.4 is 5.32 Å². The molecule has 2 heterocycles. The summed E-state index contributed by atoms with van der Waals surface area (Å²) in [7, 11) is 0. The van der Waals surface area contributed by atoms with Crippen molar-refractivity contribution in [2.75, 3.05) is 13.1 Å². The van der Waals surface area contributed by atoms with Crippen LogP contribution >= 0.6 is 0 Å². The monoisotopic (exact) mass is 255 g/mol. The van der Waals surface area contributed by atoms with Crippen LogP contribution in [0.5, 0.6) is 0 Å². The maximum Gasteiger partial charge on any atom is 0.0954 e. The first-order valence-corrected chi connectivity index (χ1v) is 7.17. The first kappa shape index (κ1) is 12.4. The van der Waals surface area contributed by atoms with E-state index in [-0.39, 0.29) is 0 Å². The molecule has 1 saturated heterocycles. The fraction of sp³-hybridized carbons (Fsp3) is 0.438. The molecule has 2 aromatic rings. The third kappa shape index (κ3) is 2.43. The Balaban J connectivity index is 1.94. The van der Waals surface area contributed by atoms with Crippen LogP contribution in [0, 0.1) is 0 Å². The Kier molecular flexibility index (Phi) is 3.65. The van der Waals surface area contributed by atoms with E-state index in [9.17, 15) is 0 Å². The lowest BCUT2D eigenvalue weighted by atomic mass is 10.0. The number of nitrogens with one attached hydrogen (secondary N) is 1. The second-order valence-electron chi connectivity index (χ2n) is 5.25. The maximum atomic E-state index is 4.40. The summed E-state index contributed by atoms with van der Waals surface area (Å²) in [6.45, 7) is 4.45. The van der Waals surface area contributed by atoms with Crippen molar-refractivity contribution in [3.63, 3.8) is 0 Å². The van der Waals surface area contributed by atoms with E-state index in [0.29, 0.717) is 12.0 Å². The lowest BCUT2D eigenvalue weighted by molar-refractivity contribution is 0.525. The first-order valence-electron chi connectivity index (χ1n) is 7.17. The number of benzene rings is 1. The van der Waals surface area contributed by atoms with Crippen LogP contribution in [0.2, 0.25) is 0 Å². The molecule has 0 aliphatic carbocycles. The Labute approximate surface area is 114 Å². The summed E-state index contributed by atoms with van der Waals surface area (Å²) < 4.78 is 2.37. The van der Waals surface area contributed by atoms with Crippen molar-refractivity contribution in [3.8, 4) is 0 Å². The summed E-state index contributed by atoms with van der Waals surface area (Å²) in [5.41, 5.74) is 2.75. The van der Waals surface area contributed by atoms with E-state index in [4.69, 9.17) is 0 Å². The van der Waals surface area contributed by atoms with Crippen LogP contribution in [0.25, 0.3) is 0 Å². The molecule has 0 spiro atoms. The number of imidazole rings is 1. The zero-order chi connectivity index (χ0) is 13.1. The molecule has 2 atom stereocenters. The third-order valence-electron chi connectivity index (χ3n) is 4.08. The van der Waals surface area contributed by atoms with Gasteiger partial charge in [0.25, 0.3) is 0 Å². The molecule has 1 aliphatic heterocycles. The molecule has 1 aromatic carbocycles. The standard InChI is InChI=1S/C16H21N3/c1-2-15(13-6-4-3-5-7-13)19-12-18-11-16(19)14-8-9-17-10-14/h3-7,11-12,14-15,17H,2,8-10H2,1H3. The summed E-state index contributed by atoms with van der Waals surface area (Å²) in [4.78, 5) is 4.40. The predicted octanol–water partition coefficient (Wildman–Crippen LogP) is 2.96. The van der Waals surface area contributed by atoms with Crippen molar-refractivity contribution in [3.05, 3.63) is 54.1 Å². The van der Waals surface area contributed by atoms with Crippen LogP contribution in [0.4, 0.5) is 0 Å². The van der Waals surface area contributed by atoms with E-state index in [1.54, 1.807) is 0 Å². The molecule has 1 N–H and O–H groups in total. The average molecular weight is 255 g/mol. The molecule has 1 fully saturated rings. The minimum absolute atomic E-state index is 0.402. The molecule has 3 heteroatoms. The molecule has 19 heavy (non-hydrogen) atoms. The van der Waals surface area contributed by atoms with Gasteiger partial charge in [0.15, 0.2) is 0 Å². The van der Waals surface area contributed by atoms with Gasteiger partial charge in [-0.1, -0.05) is 37.3 Å². The molecule has 0 amide bonds. The number of hydrogen-bond acceptors (Lipinski definition) is 2. The largest absolute Gasteiger partial charge is 0.327 e. The van der Waals surface area contributed by atoms with E-state index < -0.39 is 0 Å². The maximum absolute atomic E-state index is 4.40.